The largest absolute Gasteiger partial charge is 0.508 e. The molecule has 0 heterocycles. The predicted molar refractivity (Wildman–Crippen MR) is 109 cm³/mol. The molecule has 26 heavy (non-hydrogen) atoms. The van der Waals surface area contributed by atoms with Crippen LogP contribution in [0.1, 0.15) is 107 Å². The molecule has 0 aliphatic carbocycles. The van der Waals surface area contributed by atoms with E-state index in [1.54, 1.807) is 12.1 Å². The smallest absolute Gasteiger partial charge is 0.338 e. The second-order valence-corrected chi connectivity index (χ2v) is 7.28. The Morgan fingerprint density at radius 2 is 1.15 bits per heavy atom. The standard InChI is InChI=1S/C23H38O3/c1-2-3-4-5-6-7-8-9-10-11-12-13-14-15-20-26-23(25)21-16-18-22(24)19-17-21/h16-19,24H,2-15,20H2,1H3. The van der Waals surface area contributed by atoms with Crippen LogP contribution in [0.2, 0.25) is 0 Å². The third-order valence-electron chi connectivity index (χ3n) is 4.83. The van der Waals surface area contributed by atoms with E-state index in [-0.39, 0.29) is 11.7 Å². The first-order valence-electron chi connectivity index (χ1n) is 10.7. The van der Waals surface area contributed by atoms with Gasteiger partial charge in [-0.1, -0.05) is 90.4 Å². The molecule has 1 aromatic rings. The van der Waals surface area contributed by atoms with Crippen molar-refractivity contribution in [3.63, 3.8) is 0 Å². The fraction of sp³-hybridized carbons (Fsp3) is 0.696. The number of carbonyl (C=O) groups excluding carboxylic acids is 1. The van der Waals surface area contributed by atoms with Gasteiger partial charge in [0.05, 0.1) is 12.2 Å². The van der Waals surface area contributed by atoms with Crippen LogP contribution in [0, 0.1) is 0 Å². The summed E-state index contributed by atoms with van der Waals surface area (Å²) in [6.07, 6.45) is 18.5. The van der Waals surface area contributed by atoms with Crippen LogP contribution < -0.4 is 0 Å². The number of carbonyl (C=O) groups is 1. The van der Waals surface area contributed by atoms with Gasteiger partial charge in [0.1, 0.15) is 5.75 Å². The first-order valence-corrected chi connectivity index (χ1v) is 10.7. The summed E-state index contributed by atoms with van der Waals surface area (Å²) in [5.74, 6) is -0.145. The fourth-order valence-corrected chi connectivity index (χ4v) is 3.14. The Bertz CT molecular complexity index is 453. The molecule has 0 unspecified atom stereocenters. The van der Waals surface area contributed by atoms with E-state index < -0.39 is 0 Å². The summed E-state index contributed by atoms with van der Waals surface area (Å²) in [7, 11) is 0. The molecular formula is C23H38O3. The quantitative estimate of drug-likeness (QED) is 0.253. The molecule has 0 spiro atoms. The summed E-state index contributed by atoms with van der Waals surface area (Å²) in [6.45, 7) is 2.75. The number of esters is 1. The van der Waals surface area contributed by atoms with Crippen molar-refractivity contribution in [1.29, 1.82) is 0 Å². The Hall–Kier alpha value is -1.51. The zero-order chi connectivity index (χ0) is 18.9. The van der Waals surface area contributed by atoms with Crippen molar-refractivity contribution in [3.05, 3.63) is 29.8 Å². The molecule has 0 saturated heterocycles. The van der Waals surface area contributed by atoms with Crippen molar-refractivity contribution in [3.8, 4) is 5.75 Å². The maximum Gasteiger partial charge on any atom is 0.338 e. The topological polar surface area (TPSA) is 46.5 Å². The second-order valence-electron chi connectivity index (χ2n) is 7.28. The van der Waals surface area contributed by atoms with Gasteiger partial charge in [0.25, 0.3) is 0 Å². The molecule has 0 aliphatic rings. The highest BCUT2D eigenvalue weighted by atomic mass is 16.5. The SMILES string of the molecule is CCCCCCCCCCCCCCCCOC(=O)c1ccc(O)cc1. The first-order chi connectivity index (χ1) is 12.7. The first kappa shape index (κ1) is 22.5. The van der Waals surface area contributed by atoms with Crippen molar-refractivity contribution in [2.75, 3.05) is 6.61 Å². The van der Waals surface area contributed by atoms with E-state index in [1.165, 1.54) is 89.2 Å². The molecule has 0 fully saturated rings. The number of rotatable bonds is 16. The molecule has 0 saturated carbocycles. The maximum atomic E-state index is 11.8. The number of phenols is 1. The van der Waals surface area contributed by atoms with E-state index >= 15 is 0 Å². The highest BCUT2D eigenvalue weighted by Gasteiger charge is 2.06. The molecule has 3 nitrogen and oxygen atoms in total. The van der Waals surface area contributed by atoms with E-state index in [2.05, 4.69) is 6.92 Å². The second kappa shape index (κ2) is 15.7. The van der Waals surface area contributed by atoms with Gasteiger partial charge in [0.2, 0.25) is 0 Å². The summed E-state index contributed by atoms with van der Waals surface area (Å²) < 4.78 is 5.25. The molecule has 1 aromatic carbocycles. The normalized spacial score (nSPS) is 10.8. The van der Waals surface area contributed by atoms with Crippen molar-refractivity contribution in [2.24, 2.45) is 0 Å². The molecular weight excluding hydrogens is 324 g/mol. The van der Waals surface area contributed by atoms with Crippen LogP contribution in [-0.2, 0) is 4.74 Å². The lowest BCUT2D eigenvalue weighted by Gasteiger charge is -2.05. The molecule has 0 atom stereocenters. The molecule has 0 radical (unpaired) electrons. The van der Waals surface area contributed by atoms with Crippen molar-refractivity contribution < 1.29 is 14.6 Å². The van der Waals surface area contributed by atoms with Gasteiger partial charge >= 0.3 is 5.97 Å². The molecule has 148 valence electrons. The average molecular weight is 363 g/mol. The van der Waals surface area contributed by atoms with E-state index in [0.717, 1.165) is 12.8 Å². The Labute approximate surface area is 160 Å². The van der Waals surface area contributed by atoms with Gasteiger partial charge < -0.3 is 9.84 Å². The maximum absolute atomic E-state index is 11.8. The Balaban J connectivity index is 1.82. The minimum atomic E-state index is -0.306. The van der Waals surface area contributed by atoms with Gasteiger partial charge in [-0.2, -0.15) is 0 Å². The molecule has 0 aromatic heterocycles. The van der Waals surface area contributed by atoms with Crippen LogP contribution in [0.3, 0.4) is 0 Å². The minimum Gasteiger partial charge on any atom is -0.508 e. The molecule has 1 rings (SSSR count). The molecule has 3 heteroatoms. The molecule has 1 N–H and O–H groups in total. The van der Waals surface area contributed by atoms with Gasteiger partial charge in [-0.15, -0.1) is 0 Å². The molecule has 0 amide bonds. The van der Waals surface area contributed by atoms with Crippen LogP contribution in [0.15, 0.2) is 24.3 Å². The van der Waals surface area contributed by atoms with Crippen molar-refractivity contribution >= 4 is 5.97 Å². The number of hydrogen-bond donors (Lipinski definition) is 1. The summed E-state index contributed by atoms with van der Waals surface area (Å²) in [4.78, 5) is 11.8. The third-order valence-corrected chi connectivity index (χ3v) is 4.83. The van der Waals surface area contributed by atoms with Crippen LogP contribution in [0.25, 0.3) is 0 Å². The number of unbranched alkanes of at least 4 members (excludes halogenated alkanes) is 13. The highest BCUT2D eigenvalue weighted by Crippen LogP contribution is 2.13. The predicted octanol–water partition coefficient (Wildman–Crippen LogP) is 7.03. The van der Waals surface area contributed by atoms with Crippen molar-refractivity contribution in [2.45, 2.75) is 96.8 Å². The summed E-state index contributed by atoms with van der Waals surface area (Å²) >= 11 is 0. The number of ether oxygens (including phenoxy) is 1. The van der Waals surface area contributed by atoms with E-state index in [1.807, 2.05) is 0 Å². The van der Waals surface area contributed by atoms with Gasteiger partial charge in [0, 0.05) is 0 Å². The summed E-state index contributed by atoms with van der Waals surface area (Å²) in [5, 5.41) is 9.20. The monoisotopic (exact) mass is 362 g/mol. The zero-order valence-corrected chi connectivity index (χ0v) is 16.7. The molecule has 0 aliphatic heterocycles. The Kier molecular flexibility index (Phi) is 13.6. The number of phenolic OH excluding ortho intramolecular Hbond substituents is 1. The van der Waals surface area contributed by atoms with Gasteiger partial charge in [-0.25, -0.2) is 4.79 Å². The summed E-state index contributed by atoms with van der Waals surface area (Å²) in [6, 6.07) is 6.18. The van der Waals surface area contributed by atoms with E-state index in [0.29, 0.717) is 12.2 Å². The lowest BCUT2D eigenvalue weighted by Crippen LogP contribution is -2.06. The van der Waals surface area contributed by atoms with Gasteiger partial charge in [-0.05, 0) is 30.7 Å². The Morgan fingerprint density at radius 1 is 0.731 bits per heavy atom. The van der Waals surface area contributed by atoms with Crippen LogP contribution >= 0.6 is 0 Å². The third kappa shape index (κ3) is 11.9. The minimum absolute atomic E-state index is 0.161. The van der Waals surface area contributed by atoms with Crippen LogP contribution in [0.5, 0.6) is 5.75 Å². The summed E-state index contributed by atoms with van der Waals surface area (Å²) in [5.41, 5.74) is 0.494. The van der Waals surface area contributed by atoms with E-state index in [9.17, 15) is 9.90 Å². The highest BCUT2D eigenvalue weighted by molar-refractivity contribution is 5.89. The van der Waals surface area contributed by atoms with Gasteiger partial charge in [-0.3, -0.25) is 0 Å². The Morgan fingerprint density at radius 3 is 1.62 bits per heavy atom. The van der Waals surface area contributed by atoms with Gasteiger partial charge in [0.15, 0.2) is 0 Å². The van der Waals surface area contributed by atoms with E-state index in [4.69, 9.17) is 4.74 Å². The fourth-order valence-electron chi connectivity index (χ4n) is 3.14. The molecule has 0 bridgehead atoms. The average Bonchev–Trinajstić information content (AvgIpc) is 2.65. The lowest BCUT2D eigenvalue weighted by atomic mass is 10.0. The number of aromatic hydroxyl groups is 1. The zero-order valence-electron chi connectivity index (χ0n) is 16.7. The van der Waals surface area contributed by atoms with Crippen LogP contribution in [0.4, 0.5) is 0 Å². The number of benzene rings is 1. The number of hydrogen-bond acceptors (Lipinski definition) is 3. The van der Waals surface area contributed by atoms with Crippen LogP contribution in [-0.4, -0.2) is 17.7 Å². The lowest BCUT2D eigenvalue weighted by molar-refractivity contribution is 0.0497. The van der Waals surface area contributed by atoms with Crippen molar-refractivity contribution in [1.82, 2.24) is 0 Å².